The van der Waals surface area contributed by atoms with Crippen LogP contribution in [0.5, 0.6) is 0 Å². The third-order valence-corrected chi connectivity index (χ3v) is 1.77. The smallest absolute Gasteiger partial charge is 0.304 e. The van der Waals surface area contributed by atoms with Crippen molar-refractivity contribution in [3.8, 4) is 0 Å². The highest BCUT2D eigenvalue weighted by atomic mass is 19.3. The Balaban J connectivity index is 5.54. The van der Waals surface area contributed by atoms with E-state index in [4.69, 9.17) is 0 Å². The van der Waals surface area contributed by atoms with Crippen LogP contribution in [0.1, 0.15) is 13.8 Å². The van der Waals surface area contributed by atoms with Gasteiger partial charge in [0.2, 0.25) is 0 Å². The topological polar surface area (TPSA) is 9.23 Å². The molecule has 0 spiro atoms. The van der Waals surface area contributed by atoms with Crippen LogP contribution in [0.15, 0.2) is 0 Å². The molecule has 0 radical (unpaired) electrons. The van der Waals surface area contributed by atoms with Crippen LogP contribution in [-0.2, 0) is 4.74 Å². The Bertz CT molecular complexity index is 242. The molecule has 1 unspecified atom stereocenters. The molecule has 0 amide bonds. The quantitative estimate of drug-likeness (QED) is 0.687. The van der Waals surface area contributed by atoms with E-state index in [1.54, 1.807) is 0 Å². The van der Waals surface area contributed by atoms with Gasteiger partial charge in [0.05, 0.1) is 0 Å². The van der Waals surface area contributed by atoms with E-state index in [-0.39, 0.29) is 0 Å². The summed E-state index contributed by atoms with van der Waals surface area (Å²) in [5.41, 5.74) is 0. The average molecular weight is 260 g/mol. The Morgan fingerprint density at radius 2 is 1.19 bits per heavy atom. The predicted molar refractivity (Wildman–Crippen MR) is 37.1 cm³/mol. The van der Waals surface area contributed by atoms with Gasteiger partial charge < -0.3 is 4.74 Å². The molecule has 0 heterocycles. The molecule has 9 heteroatoms. The SMILES string of the molecule is CC(F)(F)C(F)(F)C(F)(OCF)C(C)(F)F. The van der Waals surface area contributed by atoms with Gasteiger partial charge in [-0.2, -0.15) is 22.0 Å². The van der Waals surface area contributed by atoms with Crippen molar-refractivity contribution in [2.24, 2.45) is 0 Å². The Labute approximate surface area is 85.4 Å². The van der Waals surface area contributed by atoms with Crippen LogP contribution in [0.3, 0.4) is 0 Å². The third kappa shape index (κ3) is 2.23. The van der Waals surface area contributed by atoms with Gasteiger partial charge in [-0.15, -0.1) is 0 Å². The Hall–Kier alpha value is -0.600. The van der Waals surface area contributed by atoms with Crippen molar-refractivity contribution in [3.63, 3.8) is 0 Å². The van der Waals surface area contributed by atoms with Gasteiger partial charge in [-0.05, 0) is 0 Å². The summed E-state index contributed by atoms with van der Waals surface area (Å²) in [6.45, 7) is -3.29. The molecule has 0 rings (SSSR count). The van der Waals surface area contributed by atoms with Crippen molar-refractivity contribution in [1.82, 2.24) is 0 Å². The highest BCUT2D eigenvalue weighted by Crippen LogP contribution is 2.51. The van der Waals surface area contributed by atoms with E-state index >= 15 is 0 Å². The Morgan fingerprint density at radius 3 is 1.38 bits per heavy atom. The van der Waals surface area contributed by atoms with Crippen molar-refractivity contribution < 1.29 is 39.9 Å². The monoisotopic (exact) mass is 260 g/mol. The molecule has 0 aromatic carbocycles. The molecule has 0 N–H and O–H groups in total. The zero-order chi connectivity index (χ0) is 13.4. The second kappa shape index (κ2) is 4.01. The molecule has 0 fully saturated rings. The number of alkyl halides is 8. The highest BCUT2D eigenvalue weighted by Gasteiger charge is 2.77. The van der Waals surface area contributed by atoms with Gasteiger partial charge >= 0.3 is 23.6 Å². The molecule has 98 valence electrons. The number of hydrogen-bond acceptors (Lipinski definition) is 1. The Morgan fingerprint density at radius 1 is 0.812 bits per heavy atom. The van der Waals surface area contributed by atoms with Crippen LogP contribution in [0.2, 0.25) is 0 Å². The minimum absolute atomic E-state index is 0.414. The lowest BCUT2D eigenvalue weighted by Crippen LogP contribution is -2.64. The third-order valence-electron chi connectivity index (χ3n) is 1.77. The van der Waals surface area contributed by atoms with Crippen LogP contribution in [0.25, 0.3) is 0 Å². The van der Waals surface area contributed by atoms with Gasteiger partial charge in [-0.25, -0.2) is 13.2 Å². The number of halogens is 8. The van der Waals surface area contributed by atoms with Gasteiger partial charge in [0, 0.05) is 13.8 Å². The van der Waals surface area contributed by atoms with Gasteiger partial charge in [-0.1, -0.05) is 0 Å². The second-order valence-corrected chi connectivity index (χ2v) is 3.20. The standard InChI is InChI=1S/C7H8F8O/c1-4(9,10)6(13,14)7(15,16-3-8)5(2,11)12/h3H2,1-2H3. The number of ether oxygens (including phenoxy) is 1. The van der Waals surface area contributed by atoms with Crippen molar-refractivity contribution in [2.45, 2.75) is 37.5 Å². The van der Waals surface area contributed by atoms with Gasteiger partial charge in [0.1, 0.15) is 0 Å². The molecule has 16 heavy (non-hydrogen) atoms. The number of rotatable bonds is 5. The maximum atomic E-state index is 13.1. The van der Waals surface area contributed by atoms with E-state index in [2.05, 4.69) is 4.74 Å². The molecule has 0 aromatic heterocycles. The summed E-state index contributed by atoms with van der Waals surface area (Å²) >= 11 is 0. The fourth-order valence-electron chi connectivity index (χ4n) is 0.851. The summed E-state index contributed by atoms with van der Waals surface area (Å²) in [6, 6.07) is 0. The summed E-state index contributed by atoms with van der Waals surface area (Å²) in [5, 5.41) is 0. The Kier molecular flexibility index (Phi) is 3.86. The first-order chi connectivity index (χ1) is 6.81. The van der Waals surface area contributed by atoms with Gasteiger partial charge in [0.25, 0.3) is 0 Å². The zero-order valence-electron chi connectivity index (χ0n) is 8.14. The molecular formula is C7H8F8O. The summed E-state index contributed by atoms with van der Waals surface area (Å²) in [6.07, 6.45) is 0. The minimum atomic E-state index is -5.88. The van der Waals surface area contributed by atoms with Crippen LogP contribution in [-0.4, -0.2) is 30.5 Å². The molecule has 0 aliphatic carbocycles. The van der Waals surface area contributed by atoms with Crippen molar-refractivity contribution >= 4 is 0 Å². The largest absolute Gasteiger partial charge is 0.373 e. The molecule has 1 atom stereocenters. The molecule has 1 nitrogen and oxygen atoms in total. The van der Waals surface area contributed by atoms with Crippen LogP contribution >= 0.6 is 0 Å². The normalized spacial score (nSPS) is 18.4. The van der Waals surface area contributed by atoms with E-state index in [1.165, 1.54) is 0 Å². The first kappa shape index (κ1) is 15.4. The molecule has 0 aliphatic heterocycles. The van der Waals surface area contributed by atoms with Gasteiger partial charge in [-0.3, -0.25) is 0 Å². The first-order valence-electron chi connectivity index (χ1n) is 3.83. The first-order valence-corrected chi connectivity index (χ1v) is 3.83. The molecule has 0 aromatic rings. The minimum Gasteiger partial charge on any atom is -0.304 e. The van der Waals surface area contributed by atoms with E-state index in [9.17, 15) is 35.1 Å². The van der Waals surface area contributed by atoms with E-state index < -0.39 is 44.3 Å². The summed E-state index contributed by atoms with van der Waals surface area (Å²) < 4.78 is 103. The molecule has 0 saturated heterocycles. The molecule has 0 aliphatic rings. The molecular weight excluding hydrogens is 252 g/mol. The maximum absolute atomic E-state index is 13.1. The van der Waals surface area contributed by atoms with Crippen LogP contribution in [0, 0.1) is 0 Å². The lowest BCUT2D eigenvalue weighted by atomic mass is 9.99. The van der Waals surface area contributed by atoms with Crippen molar-refractivity contribution in [1.29, 1.82) is 0 Å². The van der Waals surface area contributed by atoms with E-state index in [1.807, 2.05) is 0 Å². The predicted octanol–water partition coefficient (Wildman–Crippen LogP) is 3.54. The lowest BCUT2D eigenvalue weighted by Gasteiger charge is -2.38. The van der Waals surface area contributed by atoms with Crippen molar-refractivity contribution in [2.75, 3.05) is 6.86 Å². The van der Waals surface area contributed by atoms with Crippen molar-refractivity contribution in [3.05, 3.63) is 0 Å². The second-order valence-electron chi connectivity index (χ2n) is 3.20. The molecule has 0 bridgehead atoms. The van der Waals surface area contributed by atoms with Gasteiger partial charge in [0.15, 0.2) is 6.86 Å². The summed E-state index contributed by atoms with van der Waals surface area (Å²) in [4.78, 5) is 0. The number of hydrogen-bond donors (Lipinski definition) is 0. The fourth-order valence-corrected chi connectivity index (χ4v) is 0.851. The van der Waals surface area contributed by atoms with Crippen LogP contribution < -0.4 is 0 Å². The summed E-state index contributed by atoms with van der Waals surface area (Å²) in [5.74, 6) is -21.5. The maximum Gasteiger partial charge on any atom is 0.373 e. The lowest BCUT2D eigenvalue weighted by molar-refractivity contribution is -0.405. The molecule has 0 saturated carbocycles. The highest BCUT2D eigenvalue weighted by molar-refractivity contribution is 5.01. The van der Waals surface area contributed by atoms with Crippen LogP contribution in [0.4, 0.5) is 35.1 Å². The summed E-state index contributed by atoms with van der Waals surface area (Å²) in [7, 11) is 0. The fraction of sp³-hybridized carbons (Fsp3) is 1.00. The average Bonchev–Trinajstić information content (AvgIpc) is 1.99. The van der Waals surface area contributed by atoms with E-state index in [0.717, 1.165) is 0 Å². The zero-order valence-corrected chi connectivity index (χ0v) is 8.14. The van der Waals surface area contributed by atoms with E-state index in [0.29, 0.717) is 0 Å².